The molecule has 1 aromatic carbocycles. The monoisotopic (exact) mass is 224 g/mol. The first kappa shape index (κ1) is 10.8. The van der Waals surface area contributed by atoms with E-state index in [1.165, 1.54) is 17.7 Å². The molecule has 0 amide bonds. The van der Waals surface area contributed by atoms with E-state index in [1.54, 1.807) is 0 Å². The van der Waals surface area contributed by atoms with Crippen LogP contribution in [0.2, 0.25) is 5.02 Å². The van der Waals surface area contributed by atoms with E-state index in [0.29, 0.717) is 0 Å². The maximum atomic E-state index is 6.22. The van der Waals surface area contributed by atoms with Gasteiger partial charge in [0.2, 0.25) is 0 Å². The normalized spacial score (nSPS) is 17.6. The highest BCUT2D eigenvalue weighted by atomic mass is 35.5. The second kappa shape index (κ2) is 4.86. The zero-order valence-corrected chi connectivity index (χ0v) is 9.85. The Balaban J connectivity index is 2.22. The maximum Gasteiger partial charge on any atom is 0.0639 e. The Labute approximate surface area is 96.2 Å². The van der Waals surface area contributed by atoms with Crippen molar-refractivity contribution in [1.29, 1.82) is 0 Å². The number of nitrogens with zero attached hydrogens (tertiary/aromatic N) is 1. The van der Waals surface area contributed by atoms with Crippen molar-refractivity contribution in [2.24, 2.45) is 0 Å². The van der Waals surface area contributed by atoms with E-state index >= 15 is 0 Å². The van der Waals surface area contributed by atoms with Crippen molar-refractivity contribution in [2.75, 3.05) is 31.1 Å². The molecule has 3 heteroatoms. The minimum absolute atomic E-state index is 0.863. The lowest BCUT2D eigenvalue weighted by Gasteiger charge is -2.23. The Morgan fingerprint density at radius 3 is 3.00 bits per heavy atom. The summed E-state index contributed by atoms with van der Waals surface area (Å²) in [5.74, 6) is 0. The molecule has 1 aliphatic heterocycles. The molecule has 0 aliphatic carbocycles. The van der Waals surface area contributed by atoms with Crippen LogP contribution in [0.25, 0.3) is 0 Å². The predicted octanol–water partition coefficient (Wildman–Crippen LogP) is 2.45. The number of hydrogen-bond donors (Lipinski definition) is 1. The van der Waals surface area contributed by atoms with Crippen molar-refractivity contribution in [2.45, 2.75) is 13.3 Å². The van der Waals surface area contributed by atoms with Gasteiger partial charge in [0.15, 0.2) is 0 Å². The number of hydrogen-bond acceptors (Lipinski definition) is 2. The summed E-state index contributed by atoms with van der Waals surface area (Å²) in [5, 5.41) is 4.26. The quantitative estimate of drug-likeness (QED) is 0.789. The smallest absolute Gasteiger partial charge is 0.0639 e. The van der Waals surface area contributed by atoms with Gasteiger partial charge in [-0.2, -0.15) is 0 Å². The molecule has 82 valence electrons. The second-order valence-electron chi connectivity index (χ2n) is 4.05. The lowest BCUT2D eigenvalue weighted by molar-refractivity contribution is 0.724. The van der Waals surface area contributed by atoms with Crippen molar-refractivity contribution in [1.82, 2.24) is 5.32 Å². The topological polar surface area (TPSA) is 15.3 Å². The number of nitrogens with one attached hydrogen (secondary N) is 1. The van der Waals surface area contributed by atoms with Crippen LogP contribution >= 0.6 is 11.6 Å². The molecule has 0 spiro atoms. The third-order valence-electron chi connectivity index (χ3n) is 2.78. The van der Waals surface area contributed by atoms with Crippen LogP contribution < -0.4 is 10.2 Å². The van der Waals surface area contributed by atoms with Crippen molar-refractivity contribution in [3.8, 4) is 0 Å². The highest BCUT2D eigenvalue weighted by Gasteiger charge is 2.12. The summed E-state index contributed by atoms with van der Waals surface area (Å²) in [6.07, 6.45) is 1.18. The first-order valence-corrected chi connectivity index (χ1v) is 5.87. The molecule has 1 aromatic rings. The molecule has 1 heterocycles. The van der Waals surface area contributed by atoms with Crippen LogP contribution in [-0.2, 0) is 0 Å². The fraction of sp³-hybridized carbons (Fsp3) is 0.500. The first-order chi connectivity index (χ1) is 7.27. The highest BCUT2D eigenvalue weighted by Crippen LogP contribution is 2.27. The molecule has 1 fully saturated rings. The molecule has 1 N–H and O–H groups in total. The minimum Gasteiger partial charge on any atom is -0.369 e. The Hall–Kier alpha value is -0.730. The standard InChI is InChI=1S/C12H17ClN2/c1-10-3-4-11(13)12(9-10)15-7-2-5-14-6-8-15/h3-4,9,14H,2,5-8H2,1H3. The molecular weight excluding hydrogens is 208 g/mol. The van der Waals surface area contributed by atoms with Gasteiger partial charge in [-0.3, -0.25) is 0 Å². The van der Waals surface area contributed by atoms with Gasteiger partial charge >= 0.3 is 0 Å². The molecule has 0 aromatic heterocycles. The van der Waals surface area contributed by atoms with Crippen LogP contribution in [0.5, 0.6) is 0 Å². The molecule has 0 radical (unpaired) electrons. The molecule has 1 aliphatic rings. The molecule has 2 nitrogen and oxygen atoms in total. The van der Waals surface area contributed by atoms with E-state index in [4.69, 9.17) is 11.6 Å². The largest absolute Gasteiger partial charge is 0.369 e. The molecule has 0 saturated carbocycles. The minimum atomic E-state index is 0.863. The third kappa shape index (κ3) is 2.64. The van der Waals surface area contributed by atoms with Gasteiger partial charge < -0.3 is 10.2 Å². The number of anilines is 1. The second-order valence-corrected chi connectivity index (χ2v) is 4.45. The fourth-order valence-corrected chi connectivity index (χ4v) is 2.19. The van der Waals surface area contributed by atoms with Crippen molar-refractivity contribution >= 4 is 17.3 Å². The SMILES string of the molecule is Cc1ccc(Cl)c(N2CCCNCC2)c1. The predicted molar refractivity (Wildman–Crippen MR) is 65.9 cm³/mol. The number of aryl methyl sites for hydroxylation is 1. The molecule has 0 bridgehead atoms. The highest BCUT2D eigenvalue weighted by molar-refractivity contribution is 6.33. The molecule has 1 saturated heterocycles. The molecule has 2 rings (SSSR count). The van der Waals surface area contributed by atoms with E-state index < -0.39 is 0 Å². The van der Waals surface area contributed by atoms with Crippen LogP contribution in [0.3, 0.4) is 0 Å². The van der Waals surface area contributed by atoms with Crippen LogP contribution in [-0.4, -0.2) is 26.2 Å². The summed E-state index contributed by atoms with van der Waals surface area (Å²) in [4.78, 5) is 2.37. The average molecular weight is 225 g/mol. The van der Waals surface area contributed by atoms with Crippen LogP contribution in [0.1, 0.15) is 12.0 Å². The van der Waals surface area contributed by atoms with Crippen LogP contribution in [0, 0.1) is 6.92 Å². The van der Waals surface area contributed by atoms with Gasteiger partial charge in [0.05, 0.1) is 10.7 Å². The summed E-state index contributed by atoms with van der Waals surface area (Å²) in [7, 11) is 0. The van der Waals surface area contributed by atoms with Gasteiger partial charge in [-0.05, 0) is 37.6 Å². The van der Waals surface area contributed by atoms with Gasteiger partial charge in [0.1, 0.15) is 0 Å². The van der Waals surface area contributed by atoms with Crippen LogP contribution in [0.15, 0.2) is 18.2 Å². The summed E-state index contributed by atoms with van der Waals surface area (Å²) in [5.41, 5.74) is 2.45. The van der Waals surface area contributed by atoms with E-state index in [2.05, 4.69) is 29.3 Å². The van der Waals surface area contributed by atoms with Crippen molar-refractivity contribution in [3.63, 3.8) is 0 Å². The number of rotatable bonds is 1. The Bertz CT molecular complexity index is 330. The molecule has 15 heavy (non-hydrogen) atoms. The Kier molecular flexibility index (Phi) is 3.49. The number of halogens is 1. The first-order valence-electron chi connectivity index (χ1n) is 5.49. The van der Waals surface area contributed by atoms with Crippen molar-refractivity contribution < 1.29 is 0 Å². The Morgan fingerprint density at radius 1 is 1.27 bits per heavy atom. The zero-order chi connectivity index (χ0) is 10.7. The van der Waals surface area contributed by atoms with Crippen molar-refractivity contribution in [3.05, 3.63) is 28.8 Å². The average Bonchev–Trinajstić information content (AvgIpc) is 2.50. The van der Waals surface area contributed by atoms with Gasteiger partial charge in [-0.1, -0.05) is 17.7 Å². The lowest BCUT2D eigenvalue weighted by Crippen LogP contribution is -2.28. The van der Waals surface area contributed by atoms with E-state index in [1.807, 2.05) is 6.07 Å². The number of benzene rings is 1. The fourth-order valence-electron chi connectivity index (χ4n) is 1.95. The lowest BCUT2D eigenvalue weighted by atomic mass is 10.2. The van der Waals surface area contributed by atoms with Gasteiger partial charge in [0, 0.05) is 19.6 Å². The van der Waals surface area contributed by atoms with Crippen LogP contribution in [0.4, 0.5) is 5.69 Å². The van der Waals surface area contributed by atoms with E-state index in [0.717, 1.165) is 31.2 Å². The summed E-state index contributed by atoms with van der Waals surface area (Å²) in [6, 6.07) is 6.22. The van der Waals surface area contributed by atoms with Gasteiger partial charge in [-0.25, -0.2) is 0 Å². The van der Waals surface area contributed by atoms with Gasteiger partial charge in [-0.15, -0.1) is 0 Å². The summed E-state index contributed by atoms with van der Waals surface area (Å²) >= 11 is 6.22. The summed E-state index contributed by atoms with van der Waals surface area (Å²) < 4.78 is 0. The van der Waals surface area contributed by atoms with Gasteiger partial charge in [0.25, 0.3) is 0 Å². The Morgan fingerprint density at radius 2 is 2.13 bits per heavy atom. The molecule has 0 atom stereocenters. The maximum absolute atomic E-state index is 6.22. The summed E-state index contributed by atoms with van der Waals surface area (Å²) in [6.45, 7) is 6.40. The molecular formula is C12H17ClN2. The zero-order valence-electron chi connectivity index (χ0n) is 9.09. The van der Waals surface area contributed by atoms with E-state index in [9.17, 15) is 0 Å². The third-order valence-corrected chi connectivity index (χ3v) is 3.10. The molecule has 0 unspecified atom stereocenters. The van der Waals surface area contributed by atoms with E-state index in [-0.39, 0.29) is 0 Å².